The Labute approximate surface area is 111 Å². The fourth-order valence-electron chi connectivity index (χ4n) is 1.63. The molecule has 19 heavy (non-hydrogen) atoms. The molecule has 2 N–H and O–H groups in total. The summed E-state index contributed by atoms with van der Waals surface area (Å²) in [5.74, 6) is 0.226. The fourth-order valence-corrected chi connectivity index (χ4v) is 1.63. The number of nitro groups is 1. The molecule has 1 rings (SSSR count). The lowest BCUT2D eigenvalue weighted by atomic mass is 10.1. The van der Waals surface area contributed by atoms with Gasteiger partial charge in [-0.2, -0.15) is 0 Å². The Bertz CT molecular complexity index is 425. The van der Waals surface area contributed by atoms with Crippen molar-refractivity contribution in [2.45, 2.75) is 12.6 Å². The lowest BCUT2D eigenvalue weighted by Crippen LogP contribution is -2.35. The van der Waals surface area contributed by atoms with Crippen molar-refractivity contribution < 1.29 is 19.5 Å². The number of nitrogens with zero attached hydrogens (tertiary/aromatic N) is 1. The van der Waals surface area contributed by atoms with Crippen molar-refractivity contribution in [1.29, 1.82) is 0 Å². The maximum absolute atomic E-state index is 10.9. The third kappa shape index (κ3) is 4.47. The monoisotopic (exact) mass is 270 g/mol. The zero-order valence-electron chi connectivity index (χ0n) is 11.0. The average Bonchev–Trinajstić information content (AvgIpc) is 2.43. The summed E-state index contributed by atoms with van der Waals surface area (Å²) in [5, 5.41) is 23.0. The minimum Gasteiger partial charge on any atom is -0.490 e. The van der Waals surface area contributed by atoms with E-state index in [1.54, 1.807) is 19.2 Å². The lowest BCUT2D eigenvalue weighted by Gasteiger charge is -2.15. The van der Waals surface area contributed by atoms with E-state index in [-0.39, 0.29) is 24.1 Å². The Kier molecular flexibility index (Phi) is 6.20. The quantitative estimate of drug-likeness (QED) is 0.533. The van der Waals surface area contributed by atoms with Crippen LogP contribution in [0.15, 0.2) is 18.2 Å². The van der Waals surface area contributed by atoms with Crippen molar-refractivity contribution in [3.8, 4) is 5.75 Å². The van der Waals surface area contributed by atoms with E-state index in [9.17, 15) is 10.1 Å². The van der Waals surface area contributed by atoms with E-state index in [2.05, 4.69) is 5.32 Å². The largest absolute Gasteiger partial charge is 0.490 e. The summed E-state index contributed by atoms with van der Waals surface area (Å²) < 4.78 is 9.86. The Morgan fingerprint density at radius 1 is 1.47 bits per heavy atom. The van der Waals surface area contributed by atoms with Gasteiger partial charge in [0.15, 0.2) is 5.75 Å². The number of ether oxygens (including phenoxy) is 2. The first kappa shape index (κ1) is 15.4. The van der Waals surface area contributed by atoms with Gasteiger partial charge in [0.05, 0.1) is 31.3 Å². The molecule has 7 nitrogen and oxygen atoms in total. The van der Waals surface area contributed by atoms with Gasteiger partial charge in [0.25, 0.3) is 0 Å². The highest BCUT2D eigenvalue weighted by atomic mass is 16.6. The summed E-state index contributed by atoms with van der Waals surface area (Å²) in [6.45, 7) is 0.709. The van der Waals surface area contributed by atoms with Crippen LogP contribution in [0.5, 0.6) is 5.75 Å². The average molecular weight is 270 g/mol. The van der Waals surface area contributed by atoms with Crippen LogP contribution in [0.25, 0.3) is 0 Å². The molecule has 0 saturated carbocycles. The van der Waals surface area contributed by atoms with Gasteiger partial charge in [-0.3, -0.25) is 10.1 Å². The molecule has 1 atom stereocenters. The standard InChI is InChI=1S/C12H18N2O5/c1-18-8-10(7-15)13-6-9-3-4-12(19-2)11(5-9)14(16)17/h3-5,10,13,15H,6-8H2,1-2H3. The molecular formula is C12H18N2O5. The van der Waals surface area contributed by atoms with Crippen molar-refractivity contribution in [3.05, 3.63) is 33.9 Å². The van der Waals surface area contributed by atoms with E-state index in [0.29, 0.717) is 13.2 Å². The van der Waals surface area contributed by atoms with Crippen LogP contribution in [0.2, 0.25) is 0 Å². The van der Waals surface area contributed by atoms with Gasteiger partial charge in [-0.05, 0) is 11.6 Å². The molecular weight excluding hydrogens is 252 g/mol. The Hall–Kier alpha value is -1.70. The molecule has 0 aliphatic rings. The summed E-state index contributed by atoms with van der Waals surface area (Å²) in [6.07, 6.45) is 0. The molecule has 0 saturated heterocycles. The van der Waals surface area contributed by atoms with E-state index >= 15 is 0 Å². The van der Waals surface area contributed by atoms with E-state index in [1.165, 1.54) is 13.2 Å². The molecule has 1 aromatic rings. The molecule has 0 spiro atoms. The van der Waals surface area contributed by atoms with E-state index in [1.807, 2.05) is 0 Å². The third-order valence-corrected chi connectivity index (χ3v) is 2.62. The maximum atomic E-state index is 10.9. The molecule has 0 bridgehead atoms. The molecule has 0 heterocycles. The van der Waals surface area contributed by atoms with Gasteiger partial charge in [-0.15, -0.1) is 0 Å². The highest BCUT2D eigenvalue weighted by Crippen LogP contribution is 2.27. The third-order valence-electron chi connectivity index (χ3n) is 2.62. The SMILES string of the molecule is COCC(CO)NCc1ccc(OC)c([N+](=O)[O-])c1. The van der Waals surface area contributed by atoms with Crippen LogP contribution in [0.3, 0.4) is 0 Å². The second-order valence-electron chi connectivity index (χ2n) is 3.98. The first-order valence-electron chi connectivity index (χ1n) is 5.76. The van der Waals surface area contributed by atoms with Crippen LogP contribution < -0.4 is 10.1 Å². The Morgan fingerprint density at radius 3 is 2.74 bits per heavy atom. The predicted molar refractivity (Wildman–Crippen MR) is 69.2 cm³/mol. The van der Waals surface area contributed by atoms with Crippen molar-refractivity contribution in [2.24, 2.45) is 0 Å². The fraction of sp³-hybridized carbons (Fsp3) is 0.500. The van der Waals surface area contributed by atoms with Crippen molar-refractivity contribution in [2.75, 3.05) is 27.4 Å². The molecule has 0 aromatic heterocycles. The van der Waals surface area contributed by atoms with Gasteiger partial charge in [0, 0.05) is 19.7 Å². The second kappa shape index (κ2) is 7.67. The second-order valence-corrected chi connectivity index (χ2v) is 3.98. The first-order valence-corrected chi connectivity index (χ1v) is 5.76. The van der Waals surface area contributed by atoms with Crippen LogP contribution >= 0.6 is 0 Å². The van der Waals surface area contributed by atoms with Gasteiger partial charge in [0.1, 0.15) is 0 Å². The molecule has 0 fully saturated rings. The number of hydrogen-bond donors (Lipinski definition) is 2. The number of nitrogens with one attached hydrogen (secondary N) is 1. The van der Waals surface area contributed by atoms with Crippen molar-refractivity contribution >= 4 is 5.69 Å². The lowest BCUT2D eigenvalue weighted by molar-refractivity contribution is -0.385. The minimum atomic E-state index is -0.485. The molecule has 0 amide bonds. The molecule has 0 radical (unpaired) electrons. The molecule has 0 aliphatic carbocycles. The summed E-state index contributed by atoms with van der Waals surface area (Å²) in [4.78, 5) is 10.4. The number of aliphatic hydroxyl groups excluding tert-OH is 1. The van der Waals surface area contributed by atoms with E-state index < -0.39 is 4.92 Å². The number of aliphatic hydroxyl groups is 1. The van der Waals surface area contributed by atoms with Gasteiger partial charge in [-0.25, -0.2) is 0 Å². The number of benzene rings is 1. The molecule has 1 aromatic carbocycles. The summed E-state index contributed by atoms with van der Waals surface area (Å²) in [7, 11) is 2.93. The van der Waals surface area contributed by atoms with Crippen molar-refractivity contribution in [3.63, 3.8) is 0 Å². The van der Waals surface area contributed by atoms with Crippen molar-refractivity contribution in [1.82, 2.24) is 5.32 Å². The maximum Gasteiger partial charge on any atom is 0.311 e. The summed E-state index contributed by atoms with van der Waals surface area (Å²) in [5.41, 5.74) is 0.663. The summed E-state index contributed by atoms with van der Waals surface area (Å²) >= 11 is 0. The highest BCUT2D eigenvalue weighted by Gasteiger charge is 2.15. The molecule has 0 aliphatic heterocycles. The Morgan fingerprint density at radius 2 is 2.21 bits per heavy atom. The molecule has 106 valence electrons. The first-order chi connectivity index (χ1) is 9.12. The number of nitro benzene ring substituents is 1. The van der Waals surface area contributed by atoms with Crippen LogP contribution in [0.1, 0.15) is 5.56 Å². The predicted octanol–water partition coefficient (Wildman–Crippen LogP) is 0.700. The van der Waals surface area contributed by atoms with E-state index in [0.717, 1.165) is 5.56 Å². The Balaban J connectivity index is 2.74. The molecule has 7 heteroatoms. The normalized spacial score (nSPS) is 12.2. The van der Waals surface area contributed by atoms with Crippen LogP contribution in [0.4, 0.5) is 5.69 Å². The zero-order valence-corrected chi connectivity index (χ0v) is 11.0. The topological polar surface area (TPSA) is 93.9 Å². The zero-order chi connectivity index (χ0) is 14.3. The highest BCUT2D eigenvalue weighted by molar-refractivity contribution is 5.48. The summed E-state index contributed by atoms with van der Waals surface area (Å²) in [6, 6.07) is 4.54. The van der Waals surface area contributed by atoms with E-state index in [4.69, 9.17) is 14.6 Å². The minimum absolute atomic E-state index is 0.0634. The van der Waals surface area contributed by atoms with Gasteiger partial charge in [-0.1, -0.05) is 6.07 Å². The number of rotatable bonds is 8. The van der Waals surface area contributed by atoms with Gasteiger partial charge in [0.2, 0.25) is 0 Å². The molecule has 1 unspecified atom stereocenters. The number of hydrogen-bond acceptors (Lipinski definition) is 6. The number of methoxy groups -OCH3 is 2. The van der Waals surface area contributed by atoms with Crippen LogP contribution in [-0.2, 0) is 11.3 Å². The van der Waals surface area contributed by atoms with Crippen LogP contribution in [-0.4, -0.2) is 43.5 Å². The van der Waals surface area contributed by atoms with Gasteiger partial charge < -0.3 is 19.9 Å². The smallest absolute Gasteiger partial charge is 0.311 e. The van der Waals surface area contributed by atoms with Crippen LogP contribution in [0, 0.1) is 10.1 Å². The van der Waals surface area contributed by atoms with Gasteiger partial charge >= 0.3 is 5.69 Å².